The number of fused-ring (bicyclic) bond motifs is 1. The molecule has 8 heteroatoms. The SMILES string of the molecule is CCc1ccc2nc(N3C(=O)C(=O)/C(=C(/O)c4ccccc4)C3c3ccc(OC)c(OC)c3)sc2c1. The van der Waals surface area contributed by atoms with Gasteiger partial charge in [-0.2, -0.15) is 0 Å². The summed E-state index contributed by atoms with van der Waals surface area (Å²) in [5.74, 6) is -0.817. The topological polar surface area (TPSA) is 89.0 Å². The Morgan fingerprint density at radius 2 is 1.75 bits per heavy atom. The van der Waals surface area contributed by atoms with Gasteiger partial charge in [0.25, 0.3) is 5.78 Å². The molecule has 1 aromatic heterocycles. The van der Waals surface area contributed by atoms with Gasteiger partial charge >= 0.3 is 5.91 Å². The van der Waals surface area contributed by atoms with Crippen LogP contribution < -0.4 is 14.4 Å². The summed E-state index contributed by atoms with van der Waals surface area (Å²) >= 11 is 1.34. The Labute approximate surface area is 212 Å². The molecule has 0 saturated carbocycles. The summed E-state index contributed by atoms with van der Waals surface area (Å²) in [4.78, 5) is 32.9. The normalized spacial score (nSPS) is 17.1. The van der Waals surface area contributed by atoms with E-state index in [-0.39, 0.29) is 11.3 Å². The minimum absolute atomic E-state index is 0.00748. The highest BCUT2D eigenvalue weighted by Gasteiger charge is 2.48. The molecule has 36 heavy (non-hydrogen) atoms. The molecule has 1 unspecified atom stereocenters. The van der Waals surface area contributed by atoms with Crippen molar-refractivity contribution in [3.63, 3.8) is 0 Å². The zero-order valence-corrected chi connectivity index (χ0v) is 20.8. The molecular formula is C28H24N2O5S. The van der Waals surface area contributed by atoms with Crippen LogP contribution in [0.15, 0.2) is 72.3 Å². The number of anilines is 1. The third-order valence-corrected chi connectivity index (χ3v) is 7.29. The van der Waals surface area contributed by atoms with E-state index in [1.54, 1.807) is 42.5 Å². The van der Waals surface area contributed by atoms with Crippen LogP contribution in [-0.2, 0) is 16.0 Å². The summed E-state index contributed by atoms with van der Waals surface area (Å²) in [6.45, 7) is 2.07. The molecule has 182 valence electrons. The van der Waals surface area contributed by atoms with Crippen LogP contribution in [-0.4, -0.2) is 36.0 Å². The van der Waals surface area contributed by atoms with Crippen LogP contribution in [0.3, 0.4) is 0 Å². The van der Waals surface area contributed by atoms with Gasteiger partial charge in [-0.1, -0.05) is 60.7 Å². The van der Waals surface area contributed by atoms with E-state index in [2.05, 4.69) is 11.9 Å². The largest absolute Gasteiger partial charge is 0.507 e. The second kappa shape index (κ2) is 9.47. The molecule has 1 atom stereocenters. The molecule has 0 spiro atoms. The Bertz CT molecular complexity index is 1510. The van der Waals surface area contributed by atoms with E-state index in [0.29, 0.717) is 27.8 Å². The van der Waals surface area contributed by atoms with Gasteiger partial charge in [0.05, 0.1) is 36.1 Å². The van der Waals surface area contributed by atoms with Crippen molar-refractivity contribution in [1.82, 2.24) is 4.98 Å². The number of amides is 1. The van der Waals surface area contributed by atoms with Crippen LogP contribution in [0.5, 0.6) is 11.5 Å². The molecule has 0 radical (unpaired) electrons. The number of aryl methyl sites for hydroxylation is 1. The zero-order valence-electron chi connectivity index (χ0n) is 20.0. The minimum Gasteiger partial charge on any atom is -0.507 e. The predicted molar refractivity (Wildman–Crippen MR) is 140 cm³/mol. The molecule has 0 bridgehead atoms. The third kappa shape index (κ3) is 3.89. The van der Waals surface area contributed by atoms with Gasteiger partial charge in [0.15, 0.2) is 16.6 Å². The quantitative estimate of drug-likeness (QED) is 0.214. The summed E-state index contributed by atoms with van der Waals surface area (Å²) in [7, 11) is 3.05. The van der Waals surface area contributed by atoms with E-state index >= 15 is 0 Å². The summed E-state index contributed by atoms with van der Waals surface area (Å²) in [6, 6.07) is 19.0. The van der Waals surface area contributed by atoms with Gasteiger partial charge in [0.1, 0.15) is 5.76 Å². The fourth-order valence-electron chi connectivity index (χ4n) is 4.40. The van der Waals surface area contributed by atoms with Crippen LogP contribution in [0.25, 0.3) is 16.0 Å². The van der Waals surface area contributed by atoms with Gasteiger partial charge in [-0.15, -0.1) is 0 Å². The van der Waals surface area contributed by atoms with E-state index < -0.39 is 17.7 Å². The van der Waals surface area contributed by atoms with Gasteiger partial charge in [-0.05, 0) is 41.8 Å². The number of thiazole rings is 1. The first kappa shape index (κ1) is 23.6. The Hall–Kier alpha value is -4.17. The lowest BCUT2D eigenvalue weighted by Gasteiger charge is -2.23. The van der Waals surface area contributed by atoms with Crippen LogP contribution >= 0.6 is 11.3 Å². The Kier molecular flexibility index (Phi) is 6.20. The molecule has 1 saturated heterocycles. The fourth-order valence-corrected chi connectivity index (χ4v) is 5.46. The van der Waals surface area contributed by atoms with Crippen molar-refractivity contribution in [1.29, 1.82) is 0 Å². The highest BCUT2D eigenvalue weighted by Crippen LogP contribution is 2.45. The van der Waals surface area contributed by atoms with Gasteiger partial charge in [0, 0.05) is 5.56 Å². The monoisotopic (exact) mass is 500 g/mol. The minimum atomic E-state index is -0.906. The van der Waals surface area contributed by atoms with Gasteiger partial charge < -0.3 is 14.6 Å². The summed E-state index contributed by atoms with van der Waals surface area (Å²) < 4.78 is 11.8. The fraction of sp³-hybridized carbons (Fsp3) is 0.179. The summed E-state index contributed by atoms with van der Waals surface area (Å²) in [5.41, 5.74) is 2.91. The Morgan fingerprint density at radius 3 is 2.44 bits per heavy atom. The Balaban J connectivity index is 1.74. The van der Waals surface area contributed by atoms with Crippen LogP contribution in [0.1, 0.15) is 29.7 Å². The molecule has 1 fully saturated rings. The molecule has 5 rings (SSSR count). The molecule has 3 aromatic carbocycles. The van der Waals surface area contributed by atoms with E-state index in [1.807, 2.05) is 24.3 Å². The number of nitrogens with zero attached hydrogens (tertiary/aromatic N) is 2. The maximum Gasteiger partial charge on any atom is 0.301 e. The lowest BCUT2D eigenvalue weighted by molar-refractivity contribution is -0.132. The first-order valence-corrected chi connectivity index (χ1v) is 12.3. The number of aliphatic hydroxyl groups is 1. The van der Waals surface area contributed by atoms with Gasteiger partial charge in [0.2, 0.25) is 0 Å². The number of rotatable bonds is 6. The number of carbonyl (C=O) groups is 2. The highest BCUT2D eigenvalue weighted by molar-refractivity contribution is 7.22. The van der Waals surface area contributed by atoms with Crippen LogP contribution in [0.4, 0.5) is 5.13 Å². The molecular weight excluding hydrogens is 476 g/mol. The summed E-state index contributed by atoms with van der Waals surface area (Å²) in [5, 5.41) is 11.6. The highest BCUT2D eigenvalue weighted by atomic mass is 32.1. The molecule has 1 amide bonds. The van der Waals surface area contributed by atoms with Crippen molar-refractivity contribution in [3.8, 4) is 11.5 Å². The third-order valence-electron chi connectivity index (χ3n) is 6.27. The number of ketones is 1. The van der Waals surface area contributed by atoms with Crippen molar-refractivity contribution in [2.45, 2.75) is 19.4 Å². The van der Waals surface area contributed by atoms with E-state index in [4.69, 9.17) is 9.47 Å². The van der Waals surface area contributed by atoms with E-state index in [0.717, 1.165) is 22.2 Å². The number of methoxy groups -OCH3 is 2. The maximum absolute atomic E-state index is 13.5. The zero-order chi connectivity index (χ0) is 25.4. The average Bonchev–Trinajstić information content (AvgIpc) is 3.45. The second-order valence-electron chi connectivity index (χ2n) is 8.30. The van der Waals surface area contributed by atoms with Crippen molar-refractivity contribution >= 4 is 44.1 Å². The van der Waals surface area contributed by atoms with Crippen molar-refractivity contribution < 1.29 is 24.2 Å². The lowest BCUT2D eigenvalue weighted by atomic mass is 9.95. The number of aliphatic hydroxyl groups excluding tert-OH is 1. The second-order valence-corrected chi connectivity index (χ2v) is 9.31. The first-order valence-electron chi connectivity index (χ1n) is 11.4. The number of carbonyl (C=O) groups excluding carboxylic acids is 2. The molecule has 1 aliphatic rings. The number of Topliss-reactive ketones (excluding diaryl/α,β-unsaturated/α-hetero) is 1. The van der Waals surface area contributed by atoms with Crippen molar-refractivity contribution in [2.24, 2.45) is 0 Å². The van der Waals surface area contributed by atoms with Crippen molar-refractivity contribution in [3.05, 3.63) is 89.0 Å². The van der Waals surface area contributed by atoms with Gasteiger partial charge in [-0.25, -0.2) is 4.98 Å². The number of hydrogen-bond acceptors (Lipinski definition) is 7. The average molecular weight is 501 g/mol. The van der Waals surface area contributed by atoms with Crippen LogP contribution in [0, 0.1) is 0 Å². The molecule has 1 N–H and O–H groups in total. The molecule has 1 aliphatic heterocycles. The summed E-state index contributed by atoms with van der Waals surface area (Å²) in [6.07, 6.45) is 0.871. The Morgan fingerprint density at radius 1 is 1.00 bits per heavy atom. The standard InChI is InChI=1S/C28H24N2O5S/c1-4-16-10-12-19-22(14-16)36-28(29-19)30-24(18-11-13-20(34-2)21(15-18)35-3)23(26(32)27(30)33)25(31)17-8-6-5-7-9-17/h5-15,24,31H,4H2,1-3H3/b25-23+. The van der Waals surface area contributed by atoms with E-state index in [1.165, 1.54) is 30.5 Å². The predicted octanol–water partition coefficient (Wildman–Crippen LogP) is 5.50. The lowest BCUT2D eigenvalue weighted by Crippen LogP contribution is -2.29. The molecule has 7 nitrogen and oxygen atoms in total. The van der Waals surface area contributed by atoms with Crippen LogP contribution in [0.2, 0.25) is 0 Å². The number of benzene rings is 3. The molecule has 0 aliphatic carbocycles. The molecule has 4 aromatic rings. The smallest absolute Gasteiger partial charge is 0.301 e. The van der Waals surface area contributed by atoms with E-state index in [9.17, 15) is 14.7 Å². The van der Waals surface area contributed by atoms with Gasteiger partial charge in [-0.3, -0.25) is 14.5 Å². The maximum atomic E-state index is 13.5. The molecule has 2 heterocycles. The number of ether oxygens (including phenoxy) is 2. The number of hydrogen-bond donors (Lipinski definition) is 1. The van der Waals surface area contributed by atoms with Crippen molar-refractivity contribution in [2.75, 3.05) is 19.1 Å². The first-order chi connectivity index (χ1) is 17.5. The number of aromatic nitrogens is 1.